The van der Waals surface area contributed by atoms with E-state index < -0.39 is 41.0 Å². The monoisotopic (exact) mass is 874 g/mol. The van der Waals surface area contributed by atoms with Gasteiger partial charge in [0.2, 0.25) is 0 Å². The van der Waals surface area contributed by atoms with Gasteiger partial charge in [-0.1, -0.05) is 30.3 Å². The van der Waals surface area contributed by atoms with Gasteiger partial charge in [-0.25, -0.2) is 28.9 Å². The van der Waals surface area contributed by atoms with Crippen molar-refractivity contribution in [1.82, 2.24) is 29.3 Å². The minimum Gasteiger partial charge on any atom is -0.444 e. The van der Waals surface area contributed by atoms with Gasteiger partial charge in [-0.05, 0) is 159 Å². The molecule has 3 aliphatic carbocycles. The van der Waals surface area contributed by atoms with E-state index in [-0.39, 0.29) is 46.3 Å². The van der Waals surface area contributed by atoms with Crippen molar-refractivity contribution in [2.75, 3.05) is 6.54 Å². The van der Waals surface area contributed by atoms with Gasteiger partial charge in [0.1, 0.15) is 28.5 Å². The zero-order valence-electron chi connectivity index (χ0n) is 38.0. The fraction of sp³-hybridized carbons (Fsp3) is 0.500. The highest BCUT2D eigenvalue weighted by Crippen LogP contribution is 2.59. The molecule has 1 N–H and O–H groups in total. The Hall–Kier alpha value is -5.79. The highest BCUT2D eigenvalue weighted by atomic mass is 19.3. The zero-order chi connectivity index (χ0) is 45.5. The van der Waals surface area contributed by atoms with Crippen LogP contribution in [0.5, 0.6) is 0 Å². The number of fused-ring (bicyclic) bond motifs is 6. The lowest BCUT2D eigenvalue weighted by molar-refractivity contribution is 0.00614. The number of hydrogen-bond donors (Lipinski definition) is 1. The molecule has 2 aliphatic heterocycles. The van der Waals surface area contributed by atoms with Crippen molar-refractivity contribution in [2.24, 2.45) is 11.3 Å². The van der Waals surface area contributed by atoms with Crippen molar-refractivity contribution in [3.8, 4) is 33.5 Å². The number of imidazole rings is 2. The summed E-state index contributed by atoms with van der Waals surface area (Å²) in [4.78, 5) is 57.8. The van der Waals surface area contributed by atoms with E-state index in [1.54, 1.807) is 49.9 Å². The molecule has 5 aliphatic rings. The summed E-state index contributed by atoms with van der Waals surface area (Å²) in [6.45, 7) is 16.8. The average Bonchev–Trinajstić information content (AvgIpc) is 3.82. The summed E-state index contributed by atoms with van der Waals surface area (Å²) in [5.74, 6) is -2.09. The van der Waals surface area contributed by atoms with E-state index in [2.05, 4.69) is 4.98 Å². The molecule has 5 aromatic rings. The Morgan fingerprint density at radius 1 is 0.750 bits per heavy atom. The number of alkyl halides is 2. The second kappa shape index (κ2) is 14.1. The van der Waals surface area contributed by atoms with E-state index in [1.165, 1.54) is 16.8 Å². The minimum atomic E-state index is -3.37. The van der Waals surface area contributed by atoms with Crippen molar-refractivity contribution in [3.63, 3.8) is 0 Å². The Kier molecular flexibility index (Phi) is 9.29. The minimum absolute atomic E-state index is 0.0834. The van der Waals surface area contributed by atoms with Gasteiger partial charge in [0, 0.05) is 29.3 Å². The summed E-state index contributed by atoms with van der Waals surface area (Å²) in [6.07, 6.45) is 5.30. The lowest BCUT2D eigenvalue weighted by Crippen LogP contribution is -2.43. The number of carbonyl (C=O) groups is 3. The number of halogens is 2. The Labute approximate surface area is 371 Å². The van der Waals surface area contributed by atoms with Crippen LogP contribution < -0.4 is 0 Å². The second-order valence-electron chi connectivity index (χ2n) is 21.7. The average molecular weight is 875 g/mol. The Bertz CT molecular complexity index is 2750. The molecule has 0 radical (unpaired) electrons. The van der Waals surface area contributed by atoms with Gasteiger partial charge in [0.05, 0.1) is 35.0 Å². The lowest BCUT2D eigenvalue weighted by Gasteiger charge is -2.35. The molecule has 2 saturated heterocycles. The van der Waals surface area contributed by atoms with Gasteiger partial charge >= 0.3 is 18.3 Å². The molecular formula is C50H56F2N6O6. The number of amides is 2. The van der Waals surface area contributed by atoms with Crippen LogP contribution in [0.2, 0.25) is 0 Å². The summed E-state index contributed by atoms with van der Waals surface area (Å²) >= 11 is 0. The third kappa shape index (κ3) is 7.30. The number of piperidine rings is 1. The van der Waals surface area contributed by atoms with Gasteiger partial charge in [-0.3, -0.25) is 9.80 Å². The Morgan fingerprint density at radius 2 is 1.34 bits per heavy atom. The van der Waals surface area contributed by atoms with Crippen LogP contribution in [-0.4, -0.2) is 77.0 Å². The number of H-pyrrole nitrogens is 1. The zero-order valence-corrected chi connectivity index (χ0v) is 38.0. The molecule has 336 valence electrons. The van der Waals surface area contributed by atoms with Gasteiger partial charge in [-0.2, -0.15) is 8.78 Å². The molecule has 0 unspecified atom stereocenters. The van der Waals surface area contributed by atoms with Crippen molar-refractivity contribution in [3.05, 3.63) is 83.6 Å². The summed E-state index contributed by atoms with van der Waals surface area (Å²) in [5.41, 5.74) is 1.66. The normalized spacial score (nSPS) is 22.9. The number of nitrogens with zero attached hydrogens (tertiary/aromatic N) is 5. The molecule has 2 bridgehead atoms. The number of hydrogen-bond acceptors (Lipinski definition) is 8. The largest absolute Gasteiger partial charge is 0.444 e. The standard InChI is InChI=1S/C50H56F2N6O6/c1-46(2,3)62-43(59)56-26-49(18-19-49)24-38(56)42-53-25-39(58(42)45(61)64-48(7,8)9)29-12-16-33-32-15-11-27(21-34(32)50(51,52)35(33)22-29)28-13-17-36-37(23-28)55-41(54-36)40-30-10-14-31(20-30)57(40)44(60)63-47(4,5)6/h11-13,15-17,21-23,25,30-31,38,40H,10,14,18-20,24,26H2,1-9H3,(H,54,55)/t30-,31+,38-,40-/m0/s1. The van der Waals surface area contributed by atoms with E-state index in [1.807, 2.05) is 70.7 Å². The number of aromatic nitrogens is 4. The molecule has 10 rings (SSSR count). The quantitative estimate of drug-likeness (QED) is 0.177. The number of ether oxygens (including phenoxy) is 3. The maximum absolute atomic E-state index is 16.9. The molecule has 14 heteroatoms. The van der Waals surface area contributed by atoms with E-state index in [9.17, 15) is 14.4 Å². The summed E-state index contributed by atoms with van der Waals surface area (Å²) < 4.78 is 52.7. The lowest BCUT2D eigenvalue weighted by atomic mass is 9.98. The molecule has 4 fully saturated rings. The number of rotatable bonds is 4. The van der Waals surface area contributed by atoms with Crippen LogP contribution in [0.1, 0.15) is 136 Å². The molecule has 2 amide bonds. The van der Waals surface area contributed by atoms with Crippen molar-refractivity contribution < 1.29 is 37.4 Å². The van der Waals surface area contributed by atoms with Crippen LogP contribution >= 0.6 is 0 Å². The Balaban J connectivity index is 0.966. The first kappa shape index (κ1) is 42.2. The topological polar surface area (TPSA) is 132 Å². The van der Waals surface area contributed by atoms with Crippen molar-refractivity contribution in [2.45, 2.75) is 142 Å². The predicted molar refractivity (Wildman–Crippen MR) is 237 cm³/mol. The van der Waals surface area contributed by atoms with Gasteiger partial charge in [-0.15, -0.1) is 0 Å². The smallest absolute Gasteiger partial charge is 0.420 e. The molecule has 64 heavy (non-hydrogen) atoms. The summed E-state index contributed by atoms with van der Waals surface area (Å²) in [6, 6.07) is 15.0. The fourth-order valence-electron chi connectivity index (χ4n) is 10.5. The van der Waals surface area contributed by atoms with Crippen molar-refractivity contribution in [1.29, 1.82) is 0 Å². The molecule has 4 heterocycles. The predicted octanol–water partition coefficient (Wildman–Crippen LogP) is 11.9. The van der Waals surface area contributed by atoms with Crippen molar-refractivity contribution >= 4 is 29.3 Å². The fourth-order valence-corrected chi connectivity index (χ4v) is 10.5. The Morgan fingerprint density at radius 3 is 2.00 bits per heavy atom. The number of benzene rings is 3. The van der Waals surface area contributed by atoms with E-state index >= 15 is 8.78 Å². The SMILES string of the molecule is CC(C)(C)OC(=O)N1CC2(CC2)C[C@H]1c1ncc(-c2ccc3c(c2)C(F)(F)c2cc(-c4ccc5[nH]c([C@@H]6[C@H]7CC[C@H](C7)N6C(=O)OC(C)(C)C)nc5c4)ccc2-3)n1C(=O)OC(C)(C)C. The van der Waals surface area contributed by atoms with Crippen LogP contribution in [0.25, 0.3) is 44.5 Å². The first-order valence-corrected chi connectivity index (χ1v) is 22.5. The van der Waals surface area contributed by atoms with Gasteiger partial charge in [0.25, 0.3) is 5.92 Å². The number of nitrogens with one attached hydrogen (secondary N) is 1. The van der Waals surface area contributed by atoms with E-state index in [0.717, 1.165) is 43.2 Å². The molecule has 3 aromatic carbocycles. The maximum atomic E-state index is 16.9. The molecule has 2 aromatic heterocycles. The highest BCUT2D eigenvalue weighted by molar-refractivity contribution is 5.88. The van der Waals surface area contributed by atoms with Gasteiger partial charge in [0.15, 0.2) is 0 Å². The van der Waals surface area contributed by atoms with Crippen LogP contribution in [0.3, 0.4) is 0 Å². The van der Waals surface area contributed by atoms with Gasteiger partial charge < -0.3 is 19.2 Å². The first-order chi connectivity index (χ1) is 30.0. The summed E-state index contributed by atoms with van der Waals surface area (Å²) in [7, 11) is 0. The number of likely N-dealkylation sites (tertiary alicyclic amines) is 2. The first-order valence-electron chi connectivity index (χ1n) is 22.5. The number of aromatic amines is 1. The highest BCUT2D eigenvalue weighted by Gasteiger charge is 2.56. The molecular weight excluding hydrogens is 819 g/mol. The maximum Gasteiger partial charge on any atom is 0.420 e. The van der Waals surface area contributed by atoms with E-state index in [0.29, 0.717) is 52.4 Å². The molecule has 1 spiro atoms. The van der Waals surface area contributed by atoms with Crippen LogP contribution in [-0.2, 0) is 20.1 Å². The van der Waals surface area contributed by atoms with Crippen LogP contribution in [0.4, 0.5) is 23.2 Å². The van der Waals surface area contributed by atoms with Crippen LogP contribution in [0.15, 0.2) is 60.8 Å². The number of carbonyl (C=O) groups excluding carboxylic acids is 3. The molecule has 2 saturated carbocycles. The third-order valence-corrected chi connectivity index (χ3v) is 13.4. The molecule has 12 nitrogen and oxygen atoms in total. The molecule has 4 atom stereocenters. The van der Waals surface area contributed by atoms with Crippen LogP contribution in [0, 0.1) is 11.3 Å². The third-order valence-electron chi connectivity index (χ3n) is 13.4. The van der Waals surface area contributed by atoms with E-state index in [4.69, 9.17) is 24.2 Å². The second-order valence-corrected chi connectivity index (χ2v) is 21.7. The summed E-state index contributed by atoms with van der Waals surface area (Å²) in [5, 5.41) is 0.